The number of amides is 1. The third kappa shape index (κ3) is 1.22. The van der Waals surface area contributed by atoms with Gasteiger partial charge in [-0.15, -0.1) is 0 Å². The Balaban J connectivity index is 2.75. The minimum Gasteiger partial charge on any atom is -0.340 e. The van der Waals surface area contributed by atoms with Crippen LogP contribution >= 0.6 is 11.5 Å². The summed E-state index contributed by atoms with van der Waals surface area (Å²) in [6.07, 6.45) is 0. The first-order chi connectivity index (χ1) is 6.74. The van der Waals surface area contributed by atoms with Crippen molar-refractivity contribution in [2.24, 2.45) is 0 Å². The second-order valence-corrected chi connectivity index (χ2v) is 3.73. The number of carbonyl (C=O) groups excluding carboxylic acids is 1. The van der Waals surface area contributed by atoms with Crippen LogP contribution in [0.1, 0.15) is 0 Å². The molecule has 2 rings (SSSR count). The molecule has 0 atom stereocenters. The van der Waals surface area contributed by atoms with E-state index in [4.69, 9.17) is 0 Å². The molecule has 0 aliphatic heterocycles. The SMILES string of the molecule is CNC(=O)n1sc2ccccc2c1=O. The minimum absolute atomic E-state index is 0.259. The lowest BCUT2D eigenvalue weighted by molar-refractivity contribution is 0.246. The Hall–Kier alpha value is -1.62. The molecule has 0 bridgehead atoms. The van der Waals surface area contributed by atoms with E-state index < -0.39 is 6.03 Å². The summed E-state index contributed by atoms with van der Waals surface area (Å²) in [5.74, 6) is 0. The van der Waals surface area contributed by atoms with Crippen molar-refractivity contribution >= 4 is 27.6 Å². The van der Waals surface area contributed by atoms with Gasteiger partial charge in [0.05, 0.1) is 10.1 Å². The van der Waals surface area contributed by atoms with Gasteiger partial charge in [-0.25, -0.2) is 4.79 Å². The molecule has 0 radical (unpaired) electrons. The van der Waals surface area contributed by atoms with E-state index in [0.29, 0.717) is 5.39 Å². The van der Waals surface area contributed by atoms with Crippen molar-refractivity contribution in [3.63, 3.8) is 0 Å². The predicted octanol–water partition coefficient (Wildman–Crippen LogP) is 1.25. The van der Waals surface area contributed by atoms with E-state index >= 15 is 0 Å². The zero-order chi connectivity index (χ0) is 10.1. The smallest absolute Gasteiger partial charge is 0.337 e. The van der Waals surface area contributed by atoms with Crippen LogP contribution in [0.5, 0.6) is 0 Å². The molecule has 72 valence electrons. The molecule has 4 nitrogen and oxygen atoms in total. The first-order valence-electron chi connectivity index (χ1n) is 4.07. The molecule has 1 N–H and O–H groups in total. The van der Waals surface area contributed by atoms with E-state index in [1.807, 2.05) is 12.1 Å². The van der Waals surface area contributed by atoms with Gasteiger partial charge < -0.3 is 5.32 Å². The van der Waals surface area contributed by atoms with Gasteiger partial charge in [-0.3, -0.25) is 4.79 Å². The quantitative estimate of drug-likeness (QED) is 0.708. The molecule has 0 unspecified atom stereocenters. The number of hydrogen-bond acceptors (Lipinski definition) is 3. The summed E-state index contributed by atoms with van der Waals surface area (Å²) >= 11 is 1.15. The van der Waals surface area contributed by atoms with E-state index in [-0.39, 0.29) is 5.56 Å². The van der Waals surface area contributed by atoms with Gasteiger partial charge in [-0.2, -0.15) is 3.96 Å². The molecule has 0 saturated carbocycles. The van der Waals surface area contributed by atoms with Crippen molar-refractivity contribution in [2.45, 2.75) is 0 Å². The maximum absolute atomic E-state index is 11.6. The van der Waals surface area contributed by atoms with Crippen LogP contribution < -0.4 is 10.9 Å². The Morgan fingerprint density at radius 2 is 2.14 bits per heavy atom. The van der Waals surface area contributed by atoms with Gasteiger partial charge in [0.2, 0.25) is 0 Å². The molecule has 5 heteroatoms. The fourth-order valence-electron chi connectivity index (χ4n) is 1.21. The summed E-state index contributed by atoms with van der Waals surface area (Å²) in [6.45, 7) is 0. The molecule has 14 heavy (non-hydrogen) atoms. The fourth-order valence-corrected chi connectivity index (χ4v) is 2.15. The molecule has 1 aromatic heterocycles. The second-order valence-electron chi connectivity index (χ2n) is 2.74. The van der Waals surface area contributed by atoms with Crippen LogP contribution in [0, 0.1) is 0 Å². The van der Waals surface area contributed by atoms with Gasteiger partial charge in [-0.05, 0) is 23.7 Å². The molecular formula is C9H8N2O2S. The highest BCUT2D eigenvalue weighted by Crippen LogP contribution is 2.15. The number of aromatic nitrogens is 1. The number of nitrogens with one attached hydrogen (secondary N) is 1. The van der Waals surface area contributed by atoms with Gasteiger partial charge in [-0.1, -0.05) is 12.1 Å². The molecule has 0 fully saturated rings. The zero-order valence-corrected chi connectivity index (χ0v) is 8.30. The Bertz CT molecular complexity index is 541. The van der Waals surface area contributed by atoms with Crippen LogP contribution in [0.3, 0.4) is 0 Å². The highest BCUT2D eigenvalue weighted by Gasteiger charge is 2.11. The summed E-state index contributed by atoms with van der Waals surface area (Å²) in [5, 5.41) is 3.00. The van der Waals surface area contributed by atoms with E-state index in [1.165, 1.54) is 7.05 Å². The Labute approximate surface area is 83.9 Å². The van der Waals surface area contributed by atoms with Crippen molar-refractivity contribution in [3.05, 3.63) is 34.6 Å². The van der Waals surface area contributed by atoms with Crippen molar-refractivity contribution in [1.29, 1.82) is 0 Å². The standard InChI is InChI=1S/C9H8N2O2S/c1-10-9(13)11-8(12)6-4-2-3-5-7(6)14-11/h2-5H,1H3,(H,10,13). The van der Waals surface area contributed by atoms with E-state index in [2.05, 4.69) is 5.32 Å². The minimum atomic E-state index is -0.392. The number of carbonyl (C=O) groups is 1. The van der Waals surface area contributed by atoms with Crippen LogP contribution in [-0.4, -0.2) is 17.0 Å². The topological polar surface area (TPSA) is 51.1 Å². The van der Waals surface area contributed by atoms with Crippen LogP contribution in [0.4, 0.5) is 4.79 Å². The first kappa shape index (κ1) is 8.96. The molecule has 0 saturated heterocycles. The molecular weight excluding hydrogens is 200 g/mol. The summed E-state index contributed by atoms with van der Waals surface area (Å²) < 4.78 is 1.94. The maximum atomic E-state index is 11.6. The first-order valence-corrected chi connectivity index (χ1v) is 4.84. The Morgan fingerprint density at radius 1 is 1.43 bits per heavy atom. The highest BCUT2D eigenvalue weighted by molar-refractivity contribution is 7.14. The van der Waals surface area contributed by atoms with E-state index in [1.54, 1.807) is 12.1 Å². The van der Waals surface area contributed by atoms with Crippen molar-refractivity contribution in [1.82, 2.24) is 9.27 Å². The third-order valence-electron chi connectivity index (χ3n) is 1.89. The Morgan fingerprint density at radius 3 is 2.79 bits per heavy atom. The van der Waals surface area contributed by atoms with Gasteiger partial charge in [0.15, 0.2) is 0 Å². The fraction of sp³-hybridized carbons (Fsp3) is 0.111. The average Bonchev–Trinajstić information content (AvgIpc) is 2.56. The highest BCUT2D eigenvalue weighted by atomic mass is 32.1. The van der Waals surface area contributed by atoms with Gasteiger partial charge in [0, 0.05) is 7.05 Å². The van der Waals surface area contributed by atoms with Crippen LogP contribution in [0.25, 0.3) is 10.1 Å². The second kappa shape index (κ2) is 3.26. The zero-order valence-electron chi connectivity index (χ0n) is 7.48. The van der Waals surface area contributed by atoms with Crippen molar-refractivity contribution in [3.8, 4) is 0 Å². The van der Waals surface area contributed by atoms with Crippen molar-refractivity contribution < 1.29 is 4.79 Å². The monoisotopic (exact) mass is 208 g/mol. The van der Waals surface area contributed by atoms with Crippen molar-refractivity contribution in [2.75, 3.05) is 7.05 Å². The summed E-state index contributed by atoms with van der Waals surface area (Å²) in [5.41, 5.74) is -0.259. The molecule has 1 heterocycles. The molecule has 2 aromatic rings. The van der Waals surface area contributed by atoms with Crippen LogP contribution in [0.2, 0.25) is 0 Å². The lowest BCUT2D eigenvalue weighted by Crippen LogP contribution is -2.30. The maximum Gasteiger partial charge on any atom is 0.337 e. The summed E-state index contributed by atoms with van der Waals surface area (Å²) in [7, 11) is 1.50. The van der Waals surface area contributed by atoms with Gasteiger partial charge in [0.25, 0.3) is 5.56 Å². The number of nitrogens with zero attached hydrogens (tertiary/aromatic N) is 1. The molecule has 0 aliphatic carbocycles. The van der Waals surface area contributed by atoms with Gasteiger partial charge >= 0.3 is 6.03 Å². The van der Waals surface area contributed by atoms with E-state index in [0.717, 1.165) is 20.2 Å². The number of fused-ring (bicyclic) bond motifs is 1. The largest absolute Gasteiger partial charge is 0.340 e. The van der Waals surface area contributed by atoms with Crippen LogP contribution in [-0.2, 0) is 0 Å². The molecule has 1 amide bonds. The molecule has 1 aromatic carbocycles. The van der Waals surface area contributed by atoms with Crippen LogP contribution in [0.15, 0.2) is 29.1 Å². The predicted molar refractivity (Wildman–Crippen MR) is 55.9 cm³/mol. The Kier molecular flexibility index (Phi) is 2.09. The number of benzene rings is 1. The van der Waals surface area contributed by atoms with Gasteiger partial charge in [0.1, 0.15) is 0 Å². The summed E-state index contributed by atoms with van der Waals surface area (Å²) in [6, 6.07) is 6.77. The molecule has 0 aliphatic rings. The third-order valence-corrected chi connectivity index (χ3v) is 2.96. The lowest BCUT2D eigenvalue weighted by Gasteiger charge is -1.94. The molecule has 0 spiro atoms. The lowest BCUT2D eigenvalue weighted by atomic mass is 10.3. The normalized spacial score (nSPS) is 10.4. The average molecular weight is 208 g/mol. The summed E-state index contributed by atoms with van der Waals surface area (Å²) in [4.78, 5) is 22.9. The van der Waals surface area contributed by atoms with E-state index in [9.17, 15) is 9.59 Å². The number of hydrogen-bond donors (Lipinski definition) is 1. The number of rotatable bonds is 0.